The molecule has 4 nitrogen and oxygen atoms in total. The second kappa shape index (κ2) is 5.64. The van der Waals surface area contributed by atoms with E-state index in [9.17, 15) is 4.79 Å². The third-order valence-electron chi connectivity index (χ3n) is 3.64. The summed E-state index contributed by atoms with van der Waals surface area (Å²) in [7, 11) is 0. The van der Waals surface area contributed by atoms with Gasteiger partial charge in [0.25, 0.3) is 0 Å². The molecule has 0 N–H and O–H groups in total. The molecule has 0 fully saturated rings. The lowest BCUT2D eigenvalue weighted by Gasteiger charge is -2.06. The van der Waals surface area contributed by atoms with Gasteiger partial charge in [0.05, 0.1) is 5.69 Å². The Morgan fingerprint density at radius 2 is 1.82 bits per heavy atom. The quantitative estimate of drug-likeness (QED) is 0.693. The van der Waals surface area contributed by atoms with Crippen LogP contribution >= 0.6 is 0 Å². The third-order valence-corrected chi connectivity index (χ3v) is 3.64. The van der Waals surface area contributed by atoms with Crippen molar-refractivity contribution >= 4 is 11.6 Å². The van der Waals surface area contributed by atoms with E-state index in [-0.39, 0.29) is 12.6 Å². The molecule has 3 aromatic rings. The lowest BCUT2D eigenvalue weighted by Crippen LogP contribution is -2.09. The Morgan fingerprint density at radius 1 is 1.09 bits per heavy atom. The van der Waals surface area contributed by atoms with Crippen LogP contribution in [0.15, 0.2) is 42.6 Å². The fourth-order valence-corrected chi connectivity index (χ4v) is 2.41. The van der Waals surface area contributed by atoms with Gasteiger partial charge in [-0.15, -0.1) is 0 Å². The monoisotopic (exact) mass is 294 g/mol. The van der Waals surface area contributed by atoms with Gasteiger partial charge in [0.1, 0.15) is 12.3 Å². The molecular formula is C18H18N2O2. The highest BCUT2D eigenvalue weighted by molar-refractivity contribution is 5.90. The highest BCUT2D eigenvalue weighted by Gasteiger charge is 2.18. The van der Waals surface area contributed by atoms with E-state index in [1.165, 1.54) is 5.56 Å². The Balaban J connectivity index is 1.83. The van der Waals surface area contributed by atoms with Crippen molar-refractivity contribution < 1.29 is 9.53 Å². The molecule has 1 aromatic carbocycles. The predicted octanol–water partition coefficient (Wildman–Crippen LogP) is 3.62. The summed E-state index contributed by atoms with van der Waals surface area (Å²) in [5, 5.41) is 0. The topological polar surface area (TPSA) is 43.6 Å². The van der Waals surface area contributed by atoms with Crippen LogP contribution in [0.3, 0.4) is 0 Å². The Kier molecular flexibility index (Phi) is 3.67. The molecule has 0 amide bonds. The molecule has 0 bridgehead atoms. The van der Waals surface area contributed by atoms with E-state index in [0.29, 0.717) is 11.4 Å². The van der Waals surface area contributed by atoms with Crippen molar-refractivity contribution in [3.05, 3.63) is 70.7 Å². The first-order chi connectivity index (χ1) is 10.5. The Bertz CT molecular complexity index is 832. The fraction of sp³-hybridized carbons (Fsp3) is 0.222. The van der Waals surface area contributed by atoms with Crippen molar-refractivity contribution in [3.8, 4) is 0 Å². The zero-order chi connectivity index (χ0) is 15.7. The number of esters is 1. The summed E-state index contributed by atoms with van der Waals surface area (Å²) < 4.78 is 7.21. The number of pyridine rings is 1. The van der Waals surface area contributed by atoms with E-state index in [0.717, 1.165) is 16.8 Å². The van der Waals surface area contributed by atoms with Gasteiger partial charge in [0.2, 0.25) is 0 Å². The van der Waals surface area contributed by atoms with Gasteiger partial charge >= 0.3 is 5.97 Å². The number of aromatic nitrogens is 2. The molecule has 2 heterocycles. The maximum atomic E-state index is 12.4. The number of ether oxygens (including phenoxy) is 1. The molecule has 0 saturated carbocycles. The minimum atomic E-state index is -0.352. The molecule has 0 aliphatic rings. The molecule has 0 saturated heterocycles. The number of imidazole rings is 1. The van der Waals surface area contributed by atoms with Crippen molar-refractivity contribution in [1.29, 1.82) is 0 Å². The average molecular weight is 294 g/mol. The van der Waals surface area contributed by atoms with Gasteiger partial charge < -0.3 is 4.74 Å². The SMILES string of the molecule is Cc1ccc(COC(=O)c2c(C)nc3cc(C)ccn23)cc1. The number of nitrogens with zero attached hydrogens (tertiary/aromatic N) is 2. The molecule has 4 heteroatoms. The molecule has 0 atom stereocenters. The van der Waals surface area contributed by atoms with Crippen LogP contribution in [0.2, 0.25) is 0 Å². The number of hydrogen-bond donors (Lipinski definition) is 0. The molecule has 2 aromatic heterocycles. The van der Waals surface area contributed by atoms with Crippen LogP contribution in [0.25, 0.3) is 5.65 Å². The van der Waals surface area contributed by atoms with Crippen LogP contribution in [0, 0.1) is 20.8 Å². The second-order valence-electron chi connectivity index (χ2n) is 5.54. The van der Waals surface area contributed by atoms with Crippen LogP contribution in [0.1, 0.15) is 32.9 Å². The summed E-state index contributed by atoms with van der Waals surface area (Å²) in [5.41, 5.74) is 5.20. The van der Waals surface area contributed by atoms with Gasteiger partial charge in [-0.1, -0.05) is 29.8 Å². The number of carbonyl (C=O) groups excluding carboxylic acids is 1. The molecule has 0 spiro atoms. The van der Waals surface area contributed by atoms with Gasteiger partial charge in [0, 0.05) is 6.20 Å². The third kappa shape index (κ3) is 2.72. The van der Waals surface area contributed by atoms with Crippen molar-refractivity contribution in [2.24, 2.45) is 0 Å². The number of aryl methyl sites for hydroxylation is 3. The summed E-state index contributed by atoms with van der Waals surface area (Å²) in [5.74, 6) is -0.352. The lowest BCUT2D eigenvalue weighted by atomic mass is 10.2. The van der Waals surface area contributed by atoms with Crippen LogP contribution in [0.4, 0.5) is 0 Å². The predicted molar refractivity (Wildman–Crippen MR) is 85.0 cm³/mol. The van der Waals surface area contributed by atoms with E-state index in [4.69, 9.17) is 4.74 Å². The van der Waals surface area contributed by atoms with Crippen LogP contribution in [0.5, 0.6) is 0 Å². The summed E-state index contributed by atoms with van der Waals surface area (Å²) in [6.07, 6.45) is 1.85. The molecule has 0 aliphatic heterocycles. The Morgan fingerprint density at radius 3 is 2.55 bits per heavy atom. The maximum Gasteiger partial charge on any atom is 0.357 e. The van der Waals surface area contributed by atoms with E-state index in [2.05, 4.69) is 4.98 Å². The van der Waals surface area contributed by atoms with Crippen LogP contribution < -0.4 is 0 Å². The largest absolute Gasteiger partial charge is 0.456 e. The first-order valence-corrected chi connectivity index (χ1v) is 7.22. The van der Waals surface area contributed by atoms with Gasteiger partial charge in [-0.2, -0.15) is 0 Å². The van der Waals surface area contributed by atoms with Crippen molar-refractivity contribution in [2.75, 3.05) is 0 Å². The number of rotatable bonds is 3. The molecule has 3 rings (SSSR count). The molecular weight excluding hydrogens is 276 g/mol. The Labute approximate surface area is 129 Å². The second-order valence-corrected chi connectivity index (χ2v) is 5.54. The minimum Gasteiger partial charge on any atom is -0.456 e. The molecule has 112 valence electrons. The summed E-state index contributed by atoms with van der Waals surface area (Å²) in [4.78, 5) is 16.8. The summed E-state index contributed by atoms with van der Waals surface area (Å²) >= 11 is 0. The van der Waals surface area contributed by atoms with Crippen LogP contribution in [-0.2, 0) is 11.3 Å². The molecule has 22 heavy (non-hydrogen) atoms. The zero-order valence-corrected chi connectivity index (χ0v) is 13.0. The number of carbonyl (C=O) groups is 1. The van der Waals surface area contributed by atoms with Gasteiger partial charge in [-0.25, -0.2) is 9.78 Å². The van der Waals surface area contributed by atoms with Gasteiger partial charge in [-0.3, -0.25) is 4.40 Å². The normalized spacial score (nSPS) is 10.9. The highest BCUT2D eigenvalue weighted by Crippen LogP contribution is 2.15. The van der Waals surface area contributed by atoms with Crippen molar-refractivity contribution in [2.45, 2.75) is 27.4 Å². The minimum absolute atomic E-state index is 0.262. The standard InChI is InChI=1S/C18H18N2O2/c1-12-4-6-15(7-5-12)11-22-18(21)17-14(3)19-16-10-13(2)8-9-20(16)17/h4-10H,11H2,1-3H3. The molecule has 0 unspecified atom stereocenters. The molecule has 0 aliphatic carbocycles. The van der Waals surface area contributed by atoms with Gasteiger partial charge in [-0.05, 0) is 44.0 Å². The lowest BCUT2D eigenvalue weighted by molar-refractivity contribution is 0.0463. The zero-order valence-electron chi connectivity index (χ0n) is 13.0. The number of hydrogen-bond acceptors (Lipinski definition) is 3. The summed E-state index contributed by atoms with van der Waals surface area (Å²) in [6, 6.07) is 11.8. The van der Waals surface area contributed by atoms with E-state index >= 15 is 0 Å². The van der Waals surface area contributed by atoms with Gasteiger partial charge in [0.15, 0.2) is 5.69 Å². The first kappa shape index (κ1) is 14.3. The van der Waals surface area contributed by atoms with E-state index in [1.807, 2.05) is 63.4 Å². The smallest absolute Gasteiger partial charge is 0.357 e. The number of fused-ring (bicyclic) bond motifs is 1. The van der Waals surface area contributed by atoms with Crippen molar-refractivity contribution in [3.63, 3.8) is 0 Å². The first-order valence-electron chi connectivity index (χ1n) is 7.22. The van der Waals surface area contributed by atoms with E-state index < -0.39 is 0 Å². The maximum absolute atomic E-state index is 12.4. The highest BCUT2D eigenvalue weighted by atomic mass is 16.5. The Hall–Kier alpha value is -2.62. The fourth-order valence-electron chi connectivity index (χ4n) is 2.41. The van der Waals surface area contributed by atoms with Crippen molar-refractivity contribution in [1.82, 2.24) is 9.38 Å². The average Bonchev–Trinajstić information content (AvgIpc) is 2.81. The van der Waals surface area contributed by atoms with Crippen LogP contribution in [-0.4, -0.2) is 15.4 Å². The van der Waals surface area contributed by atoms with E-state index in [1.54, 1.807) is 4.40 Å². The summed E-state index contributed by atoms with van der Waals surface area (Å²) in [6.45, 7) is 6.11. The number of benzene rings is 1. The molecule has 0 radical (unpaired) electrons.